The van der Waals surface area contributed by atoms with E-state index < -0.39 is 71.5 Å². The van der Waals surface area contributed by atoms with Crippen LogP contribution in [0.3, 0.4) is 0 Å². The summed E-state index contributed by atoms with van der Waals surface area (Å²) in [6, 6.07) is 15.4. The number of halogens is 4. The average Bonchev–Trinajstić information content (AvgIpc) is 3.06. The Kier molecular flexibility index (Phi) is 14.4. The number of amides is 2. The van der Waals surface area contributed by atoms with Crippen LogP contribution in [0.25, 0.3) is 0 Å². The minimum absolute atomic E-state index is 0.0834. The van der Waals surface area contributed by atoms with Gasteiger partial charge in [-0.15, -0.1) is 0 Å². The van der Waals surface area contributed by atoms with Crippen molar-refractivity contribution in [1.82, 2.24) is 10.6 Å². The number of ether oxygens (including phenoxy) is 3. The molecular formula is C38H42ClF3N2O8. The minimum Gasteiger partial charge on any atom is -0.497 e. The zero-order chi connectivity index (χ0) is 38.8. The summed E-state index contributed by atoms with van der Waals surface area (Å²) in [7, 11) is 1.42. The van der Waals surface area contributed by atoms with Crippen molar-refractivity contribution >= 4 is 41.0 Å². The molecule has 3 aromatic rings. The minimum atomic E-state index is -5.16. The lowest BCUT2D eigenvalue weighted by atomic mass is 9.84. The molecule has 280 valence electrons. The zero-order valence-corrected chi connectivity index (χ0v) is 30.4. The van der Waals surface area contributed by atoms with Gasteiger partial charge in [0.1, 0.15) is 29.2 Å². The quantitative estimate of drug-likeness (QED) is 0.156. The Morgan fingerprint density at radius 3 is 2.00 bits per heavy atom. The molecule has 10 nitrogen and oxygen atoms in total. The van der Waals surface area contributed by atoms with Gasteiger partial charge in [-0.25, -0.2) is 4.79 Å². The maximum atomic E-state index is 14.0. The van der Waals surface area contributed by atoms with E-state index in [0.717, 1.165) is 0 Å². The maximum Gasteiger partial charge on any atom is 0.450 e. The highest BCUT2D eigenvalue weighted by atomic mass is 35.5. The van der Waals surface area contributed by atoms with E-state index in [1.807, 2.05) is 0 Å². The number of esters is 1. The number of carbonyl (C=O) groups is 5. The van der Waals surface area contributed by atoms with Crippen LogP contribution in [0.2, 0.25) is 5.02 Å². The molecule has 0 unspecified atom stereocenters. The molecular weight excluding hydrogens is 705 g/mol. The van der Waals surface area contributed by atoms with Crippen molar-refractivity contribution in [3.05, 3.63) is 94.5 Å². The van der Waals surface area contributed by atoms with Gasteiger partial charge in [0.15, 0.2) is 12.4 Å². The summed E-state index contributed by atoms with van der Waals surface area (Å²) < 4.78 is 56.2. The second kappa shape index (κ2) is 18.0. The van der Waals surface area contributed by atoms with Gasteiger partial charge in [-0.2, -0.15) is 13.2 Å². The van der Waals surface area contributed by atoms with Crippen molar-refractivity contribution in [1.29, 1.82) is 0 Å². The number of benzene rings is 3. The fourth-order valence-electron chi connectivity index (χ4n) is 5.13. The molecule has 2 amide bonds. The Morgan fingerprint density at radius 2 is 1.46 bits per heavy atom. The summed E-state index contributed by atoms with van der Waals surface area (Å²) in [6.45, 7) is 7.60. The summed E-state index contributed by atoms with van der Waals surface area (Å²) in [5.74, 6) is -6.81. The van der Waals surface area contributed by atoms with E-state index >= 15 is 0 Å². The first-order valence-corrected chi connectivity index (χ1v) is 16.7. The van der Waals surface area contributed by atoms with E-state index in [0.29, 0.717) is 16.3 Å². The summed E-state index contributed by atoms with van der Waals surface area (Å²) in [5, 5.41) is 5.63. The number of carbonyl (C=O) groups excluding carboxylic acids is 5. The van der Waals surface area contributed by atoms with Gasteiger partial charge in [-0.3, -0.25) is 19.2 Å². The number of Topliss-reactive ketones (excluding diaryl/α,β-unsaturated/α-hetero) is 2. The molecule has 0 fully saturated rings. The van der Waals surface area contributed by atoms with Crippen LogP contribution >= 0.6 is 11.6 Å². The number of hydrogen-bond donors (Lipinski definition) is 2. The highest BCUT2D eigenvalue weighted by Gasteiger charge is 2.45. The Hall–Kier alpha value is -4.91. The number of hydrogen-bond acceptors (Lipinski definition) is 8. The fraction of sp³-hybridized carbons (Fsp3) is 0.395. The van der Waals surface area contributed by atoms with Gasteiger partial charge >= 0.3 is 12.1 Å². The van der Waals surface area contributed by atoms with Gasteiger partial charge in [-0.1, -0.05) is 49.7 Å². The van der Waals surface area contributed by atoms with Crippen LogP contribution in [0.4, 0.5) is 13.2 Å². The highest BCUT2D eigenvalue weighted by molar-refractivity contribution is 6.30. The van der Waals surface area contributed by atoms with Crippen LogP contribution in [-0.4, -0.2) is 60.9 Å². The zero-order valence-electron chi connectivity index (χ0n) is 29.6. The molecule has 0 saturated carbocycles. The Balaban J connectivity index is 1.89. The van der Waals surface area contributed by atoms with Crippen LogP contribution in [0.1, 0.15) is 68.6 Å². The van der Waals surface area contributed by atoms with Gasteiger partial charge in [0.25, 0.3) is 5.91 Å². The smallest absolute Gasteiger partial charge is 0.450 e. The molecule has 2 N–H and O–H groups in total. The molecule has 3 atom stereocenters. The molecule has 52 heavy (non-hydrogen) atoms. The predicted octanol–water partition coefficient (Wildman–Crippen LogP) is 6.63. The largest absolute Gasteiger partial charge is 0.497 e. The van der Waals surface area contributed by atoms with Crippen molar-refractivity contribution < 1.29 is 51.4 Å². The molecule has 0 aromatic heterocycles. The monoisotopic (exact) mass is 746 g/mol. The molecule has 0 spiro atoms. The Labute approximate surface area is 305 Å². The van der Waals surface area contributed by atoms with Crippen LogP contribution in [0, 0.1) is 11.8 Å². The Bertz CT molecular complexity index is 1720. The molecule has 0 bridgehead atoms. The second-order valence-corrected chi connectivity index (χ2v) is 13.8. The number of alkyl halides is 3. The summed E-state index contributed by atoms with van der Waals surface area (Å²) >= 11 is 6.17. The number of rotatable bonds is 16. The third-order valence-electron chi connectivity index (χ3n) is 7.74. The lowest BCUT2D eigenvalue weighted by Gasteiger charge is -2.26. The number of ketones is 2. The first-order chi connectivity index (χ1) is 24.3. The summed E-state index contributed by atoms with van der Waals surface area (Å²) in [5.41, 5.74) is 0.209. The number of methoxy groups -OCH3 is 1. The van der Waals surface area contributed by atoms with Crippen LogP contribution < -0.4 is 20.1 Å². The van der Waals surface area contributed by atoms with Gasteiger partial charge in [0.05, 0.1) is 7.11 Å². The second-order valence-electron chi connectivity index (χ2n) is 13.4. The normalized spacial score (nSPS) is 13.4. The van der Waals surface area contributed by atoms with Crippen LogP contribution in [0.5, 0.6) is 11.5 Å². The molecule has 0 saturated heterocycles. The number of nitrogens with one attached hydrogen (secondary N) is 2. The standard InChI is InChI=1S/C38H42ClF3N2O8/c1-22(2)29(34(47)38(40,41)42)20-31(45)33(24-10-14-27(50-6)15-11-24)44-36(49)30(19-23-8-7-9-26(39)18-23)43-35(48)25-12-16-28(17-13-25)51-21-32(46)52-37(3,4)5/h7-18,22,29-30,33H,19-21H2,1-6H3,(H,43,48)(H,44,49)/t29-,30-,33-/m0/s1. The van der Waals surface area contributed by atoms with Gasteiger partial charge in [0, 0.05) is 29.3 Å². The third-order valence-corrected chi connectivity index (χ3v) is 7.98. The fourth-order valence-corrected chi connectivity index (χ4v) is 5.34. The third kappa shape index (κ3) is 12.7. The molecule has 3 aromatic carbocycles. The lowest BCUT2D eigenvalue weighted by Crippen LogP contribution is -2.50. The van der Waals surface area contributed by atoms with Crippen molar-refractivity contribution in [3.8, 4) is 11.5 Å². The molecule has 3 rings (SSSR count). The highest BCUT2D eigenvalue weighted by Crippen LogP contribution is 2.30. The summed E-state index contributed by atoms with van der Waals surface area (Å²) in [4.78, 5) is 65.4. The topological polar surface area (TPSA) is 137 Å². The van der Waals surface area contributed by atoms with Crippen molar-refractivity contribution in [2.45, 2.75) is 71.3 Å². The molecule has 0 radical (unpaired) electrons. The lowest BCUT2D eigenvalue weighted by molar-refractivity contribution is -0.177. The maximum absolute atomic E-state index is 14.0. The SMILES string of the molecule is COc1ccc([C@H](NC(=O)[C@H](Cc2cccc(Cl)c2)NC(=O)c2ccc(OCC(=O)OC(C)(C)C)cc2)C(=O)C[C@H](C(=O)C(F)(F)F)C(C)C)cc1. The predicted molar refractivity (Wildman–Crippen MR) is 187 cm³/mol. The molecule has 0 aliphatic heterocycles. The van der Waals surface area contributed by atoms with Crippen molar-refractivity contribution in [3.63, 3.8) is 0 Å². The van der Waals surface area contributed by atoms with Crippen molar-refractivity contribution in [2.24, 2.45) is 11.8 Å². The van der Waals surface area contributed by atoms with E-state index in [1.165, 1.54) is 69.5 Å². The van der Waals surface area contributed by atoms with E-state index in [1.54, 1.807) is 45.0 Å². The van der Waals surface area contributed by atoms with Crippen molar-refractivity contribution in [2.75, 3.05) is 13.7 Å². The molecule has 0 aliphatic carbocycles. The van der Waals surface area contributed by atoms with Crippen LogP contribution in [-0.2, 0) is 30.3 Å². The molecule has 0 aliphatic rings. The van der Waals surface area contributed by atoms with E-state index in [-0.39, 0.29) is 29.9 Å². The summed E-state index contributed by atoms with van der Waals surface area (Å²) in [6.07, 6.45) is -6.05. The van der Waals surface area contributed by atoms with Gasteiger partial charge in [-0.05, 0) is 86.3 Å². The van der Waals surface area contributed by atoms with E-state index in [2.05, 4.69) is 10.6 Å². The van der Waals surface area contributed by atoms with Gasteiger partial charge < -0.3 is 24.8 Å². The van der Waals surface area contributed by atoms with E-state index in [9.17, 15) is 37.1 Å². The van der Waals surface area contributed by atoms with Gasteiger partial charge in [0.2, 0.25) is 11.7 Å². The van der Waals surface area contributed by atoms with E-state index in [4.69, 9.17) is 25.8 Å². The average molecular weight is 747 g/mol. The first kappa shape index (κ1) is 41.5. The molecule has 14 heteroatoms. The molecule has 0 heterocycles. The Morgan fingerprint density at radius 1 is 0.846 bits per heavy atom. The first-order valence-electron chi connectivity index (χ1n) is 16.4. The van der Waals surface area contributed by atoms with Crippen LogP contribution in [0.15, 0.2) is 72.8 Å².